The summed E-state index contributed by atoms with van der Waals surface area (Å²) < 4.78 is 4.71. The van der Waals surface area contributed by atoms with Crippen molar-refractivity contribution in [2.75, 3.05) is 13.7 Å². The standard InChI is InChI=1S/C17H25NO3/c1-6-7-18-14(10-15(19)21-5)17(20)16-12(3)8-11(2)9-13(16)4/h6,8-9,14,17-18,20H,1,7,10H2,2-5H3. The first kappa shape index (κ1) is 17.4. The van der Waals surface area contributed by atoms with Crippen LogP contribution in [0.5, 0.6) is 0 Å². The predicted molar refractivity (Wildman–Crippen MR) is 84.2 cm³/mol. The van der Waals surface area contributed by atoms with Crippen molar-refractivity contribution in [3.63, 3.8) is 0 Å². The van der Waals surface area contributed by atoms with Crippen molar-refractivity contribution in [2.24, 2.45) is 0 Å². The van der Waals surface area contributed by atoms with Crippen molar-refractivity contribution in [1.29, 1.82) is 0 Å². The maximum Gasteiger partial charge on any atom is 0.307 e. The minimum absolute atomic E-state index is 0.109. The summed E-state index contributed by atoms with van der Waals surface area (Å²) in [6.45, 7) is 10.1. The number of aliphatic hydroxyl groups excluding tert-OH is 1. The summed E-state index contributed by atoms with van der Waals surface area (Å²) in [4.78, 5) is 11.5. The third-order valence-corrected chi connectivity index (χ3v) is 3.55. The van der Waals surface area contributed by atoms with Gasteiger partial charge in [-0.25, -0.2) is 0 Å². The maximum absolute atomic E-state index is 11.5. The number of benzene rings is 1. The van der Waals surface area contributed by atoms with Crippen LogP contribution in [0.3, 0.4) is 0 Å². The fourth-order valence-electron chi connectivity index (χ4n) is 2.65. The molecule has 0 aliphatic carbocycles. The van der Waals surface area contributed by atoms with E-state index in [-0.39, 0.29) is 12.4 Å². The van der Waals surface area contributed by atoms with Crippen molar-refractivity contribution >= 4 is 5.97 Å². The van der Waals surface area contributed by atoms with Gasteiger partial charge in [0.15, 0.2) is 0 Å². The van der Waals surface area contributed by atoms with Crippen LogP contribution >= 0.6 is 0 Å². The highest BCUT2D eigenvalue weighted by Gasteiger charge is 2.26. The van der Waals surface area contributed by atoms with Gasteiger partial charge in [0.25, 0.3) is 0 Å². The van der Waals surface area contributed by atoms with Gasteiger partial charge in [0.05, 0.1) is 19.6 Å². The molecule has 0 amide bonds. The van der Waals surface area contributed by atoms with E-state index in [4.69, 9.17) is 4.74 Å². The van der Waals surface area contributed by atoms with Gasteiger partial charge in [-0.1, -0.05) is 23.8 Å². The van der Waals surface area contributed by atoms with Gasteiger partial charge >= 0.3 is 5.97 Å². The molecular weight excluding hydrogens is 266 g/mol. The van der Waals surface area contributed by atoms with E-state index < -0.39 is 12.1 Å². The molecule has 0 aromatic heterocycles. The van der Waals surface area contributed by atoms with Crippen LogP contribution in [-0.2, 0) is 9.53 Å². The average Bonchev–Trinajstić information content (AvgIpc) is 2.41. The number of aliphatic hydroxyl groups is 1. The number of hydrogen-bond acceptors (Lipinski definition) is 4. The molecule has 0 aliphatic rings. The predicted octanol–water partition coefficient (Wildman–Crippen LogP) is 2.35. The highest BCUT2D eigenvalue weighted by molar-refractivity contribution is 5.70. The lowest BCUT2D eigenvalue weighted by molar-refractivity contribution is -0.142. The molecule has 4 nitrogen and oxygen atoms in total. The van der Waals surface area contributed by atoms with Gasteiger partial charge in [0.1, 0.15) is 0 Å². The van der Waals surface area contributed by atoms with Crippen molar-refractivity contribution in [2.45, 2.75) is 39.3 Å². The number of nitrogens with one attached hydrogen (secondary N) is 1. The topological polar surface area (TPSA) is 58.6 Å². The van der Waals surface area contributed by atoms with Gasteiger partial charge in [-0.05, 0) is 37.5 Å². The third kappa shape index (κ3) is 4.69. The second-order valence-corrected chi connectivity index (χ2v) is 5.34. The van der Waals surface area contributed by atoms with Gasteiger partial charge in [0, 0.05) is 12.6 Å². The van der Waals surface area contributed by atoms with Gasteiger partial charge in [-0.15, -0.1) is 6.58 Å². The first-order valence-corrected chi connectivity index (χ1v) is 7.07. The maximum atomic E-state index is 11.5. The number of aryl methyl sites for hydroxylation is 3. The third-order valence-electron chi connectivity index (χ3n) is 3.55. The Morgan fingerprint density at radius 3 is 2.43 bits per heavy atom. The Morgan fingerprint density at radius 1 is 1.38 bits per heavy atom. The number of hydrogen-bond donors (Lipinski definition) is 2. The number of carbonyl (C=O) groups excluding carboxylic acids is 1. The first-order valence-electron chi connectivity index (χ1n) is 7.07. The lowest BCUT2D eigenvalue weighted by Gasteiger charge is -2.26. The van der Waals surface area contributed by atoms with Crippen LogP contribution in [0.4, 0.5) is 0 Å². The van der Waals surface area contributed by atoms with E-state index in [2.05, 4.69) is 11.9 Å². The molecule has 1 rings (SSSR count). The van der Waals surface area contributed by atoms with E-state index in [9.17, 15) is 9.90 Å². The summed E-state index contributed by atoms with van der Waals surface area (Å²) >= 11 is 0. The molecule has 116 valence electrons. The zero-order valence-corrected chi connectivity index (χ0v) is 13.3. The fourth-order valence-corrected chi connectivity index (χ4v) is 2.65. The van der Waals surface area contributed by atoms with E-state index in [0.29, 0.717) is 6.54 Å². The van der Waals surface area contributed by atoms with Gasteiger partial charge < -0.3 is 15.2 Å². The van der Waals surface area contributed by atoms with Crippen LogP contribution in [0.25, 0.3) is 0 Å². The van der Waals surface area contributed by atoms with Crippen LogP contribution in [0.2, 0.25) is 0 Å². The van der Waals surface area contributed by atoms with Crippen molar-refractivity contribution in [1.82, 2.24) is 5.32 Å². The molecule has 0 saturated heterocycles. The number of ether oxygens (including phenoxy) is 1. The molecule has 0 bridgehead atoms. The van der Waals surface area contributed by atoms with Crippen LogP contribution in [0, 0.1) is 20.8 Å². The zero-order chi connectivity index (χ0) is 16.0. The molecule has 1 aromatic carbocycles. The number of carbonyl (C=O) groups is 1. The Kier molecular flexibility index (Phi) is 6.59. The summed E-state index contributed by atoms with van der Waals surface area (Å²) in [5, 5.41) is 13.8. The quantitative estimate of drug-likeness (QED) is 0.598. The molecule has 0 saturated carbocycles. The summed E-state index contributed by atoms with van der Waals surface area (Å²) in [5.74, 6) is -0.349. The Labute approximate surface area is 126 Å². The molecule has 4 heteroatoms. The van der Waals surface area contributed by atoms with Crippen LogP contribution in [-0.4, -0.2) is 30.8 Å². The summed E-state index contributed by atoms with van der Waals surface area (Å²) in [6.07, 6.45) is 1.04. The van der Waals surface area contributed by atoms with Crippen molar-refractivity contribution in [3.05, 3.63) is 47.0 Å². The highest BCUT2D eigenvalue weighted by Crippen LogP contribution is 2.27. The fraction of sp³-hybridized carbons (Fsp3) is 0.471. The molecule has 0 aliphatic heterocycles. The summed E-state index contributed by atoms with van der Waals surface area (Å²) in [6, 6.07) is 3.67. The Balaban J connectivity index is 3.06. The molecule has 21 heavy (non-hydrogen) atoms. The van der Waals surface area contributed by atoms with Crippen LogP contribution < -0.4 is 5.32 Å². The smallest absolute Gasteiger partial charge is 0.307 e. The molecular formula is C17H25NO3. The average molecular weight is 291 g/mol. The minimum atomic E-state index is -0.773. The molecule has 0 spiro atoms. The molecule has 0 fully saturated rings. The van der Waals surface area contributed by atoms with E-state index in [1.54, 1.807) is 6.08 Å². The number of rotatable bonds is 7. The molecule has 2 unspecified atom stereocenters. The molecule has 0 heterocycles. The van der Waals surface area contributed by atoms with Crippen LogP contribution in [0.15, 0.2) is 24.8 Å². The minimum Gasteiger partial charge on any atom is -0.469 e. The van der Waals surface area contributed by atoms with Gasteiger partial charge in [0.2, 0.25) is 0 Å². The number of esters is 1. The van der Waals surface area contributed by atoms with Crippen LogP contribution in [0.1, 0.15) is 34.8 Å². The second-order valence-electron chi connectivity index (χ2n) is 5.34. The van der Waals surface area contributed by atoms with Gasteiger partial charge in [-0.3, -0.25) is 4.79 Å². The zero-order valence-electron chi connectivity index (χ0n) is 13.3. The number of methoxy groups -OCH3 is 1. The molecule has 2 atom stereocenters. The van der Waals surface area contributed by atoms with Gasteiger partial charge in [-0.2, -0.15) is 0 Å². The molecule has 2 N–H and O–H groups in total. The molecule has 0 radical (unpaired) electrons. The van der Waals surface area contributed by atoms with Crippen molar-refractivity contribution in [3.8, 4) is 0 Å². The Bertz CT molecular complexity index is 488. The van der Waals surface area contributed by atoms with E-state index in [1.165, 1.54) is 7.11 Å². The summed E-state index contributed by atoms with van der Waals surface area (Å²) in [5.41, 5.74) is 4.07. The van der Waals surface area contributed by atoms with E-state index in [1.807, 2.05) is 32.9 Å². The SMILES string of the molecule is C=CCNC(CC(=O)OC)C(O)c1c(C)cc(C)cc1C. The van der Waals surface area contributed by atoms with E-state index in [0.717, 1.165) is 22.3 Å². The lowest BCUT2D eigenvalue weighted by Crippen LogP contribution is -2.38. The Morgan fingerprint density at radius 2 is 1.95 bits per heavy atom. The normalized spacial score (nSPS) is 13.6. The van der Waals surface area contributed by atoms with Crippen molar-refractivity contribution < 1.29 is 14.6 Å². The Hall–Kier alpha value is -1.65. The largest absolute Gasteiger partial charge is 0.469 e. The first-order chi connectivity index (χ1) is 9.90. The lowest BCUT2D eigenvalue weighted by atomic mass is 9.91. The monoisotopic (exact) mass is 291 g/mol. The second kappa shape index (κ2) is 7.96. The summed E-state index contributed by atoms with van der Waals surface area (Å²) in [7, 11) is 1.35. The molecule has 1 aromatic rings. The van der Waals surface area contributed by atoms with E-state index >= 15 is 0 Å². The highest BCUT2D eigenvalue weighted by atomic mass is 16.5.